The molecule has 0 rings (SSSR count). The highest BCUT2D eigenvalue weighted by Crippen LogP contribution is 2.20. The first-order valence-electron chi connectivity index (χ1n) is 2.88. The molecule has 3 nitrogen and oxygen atoms in total. The number of carbonyl (C=O) groups is 1. The molecule has 0 bridgehead atoms. The number of halogens is 1. The third-order valence-electron chi connectivity index (χ3n) is 1.09. The fraction of sp³-hybridized carbons (Fsp3) is 0.800. The van der Waals surface area contributed by atoms with Crippen molar-refractivity contribution in [2.45, 2.75) is 26.1 Å². The van der Waals surface area contributed by atoms with Crippen molar-refractivity contribution in [1.82, 2.24) is 0 Å². The average Bonchev–Trinajstić information content (AvgIpc) is 1.86. The number of alkyl halides is 1. The Balaban J connectivity index is 4.08. The number of hydrogen-bond donors (Lipinski definition) is 0. The zero-order chi connectivity index (χ0) is 8.20. The van der Waals surface area contributed by atoms with Gasteiger partial charge < -0.3 is 0 Å². The Morgan fingerprint density at radius 2 is 2.30 bits per heavy atom. The molecule has 0 aromatic carbocycles. The Hall–Kier alpha value is -0.210. The maximum atomic E-state index is 12.7. The molecule has 0 saturated carbocycles. The molecule has 0 aromatic heterocycles. The van der Waals surface area contributed by atoms with Crippen LogP contribution in [0.25, 0.3) is 0 Å². The Kier molecular flexibility index (Phi) is 3.76. The standard InChI is InChI=1S/C5H10FO3P/c1-3-4(7)5(2,6)9-10-8/h3,10H2,1-2H3. The van der Waals surface area contributed by atoms with E-state index < -0.39 is 20.3 Å². The zero-order valence-corrected chi connectivity index (χ0v) is 7.04. The minimum Gasteiger partial charge on any atom is -0.300 e. The average molecular weight is 168 g/mol. The lowest BCUT2D eigenvalue weighted by atomic mass is 10.2. The Bertz CT molecular complexity index is 146. The van der Waals surface area contributed by atoms with Gasteiger partial charge in [0, 0.05) is 13.3 Å². The number of Topliss-reactive ketones (excluding diaryl/α,β-unsaturated/α-hetero) is 1. The van der Waals surface area contributed by atoms with Gasteiger partial charge >= 0.3 is 0 Å². The summed E-state index contributed by atoms with van der Waals surface area (Å²) < 4.78 is 26.7. The molecule has 10 heavy (non-hydrogen) atoms. The molecule has 5 heteroatoms. The van der Waals surface area contributed by atoms with Gasteiger partial charge in [0.1, 0.15) is 0 Å². The highest BCUT2D eigenvalue weighted by atomic mass is 31.1. The van der Waals surface area contributed by atoms with E-state index in [4.69, 9.17) is 0 Å². The summed E-state index contributed by atoms with van der Waals surface area (Å²) in [6.45, 7) is 2.48. The Labute approximate surface area is 59.8 Å². The minimum atomic E-state index is -2.36. The fourth-order valence-electron chi connectivity index (χ4n) is 0.472. The summed E-state index contributed by atoms with van der Waals surface area (Å²) in [6, 6.07) is 0. The van der Waals surface area contributed by atoms with E-state index in [1.165, 1.54) is 6.92 Å². The van der Waals surface area contributed by atoms with Crippen LogP contribution in [0, 0.1) is 0 Å². The molecule has 0 aromatic rings. The second-order valence-electron chi connectivity index (χ2n) is 1.91. The predicted molar refractivity (Wildman–Crippen MR) is 36.3 cm³/mol. The summed E-state index contributed by atoms with van der Waals surface area (Å²) in [4.78, 5) is 10.6. The molecule has 0 spiro atoms. The first-order chi connectivity index (χ1) is 4.54. The molecule has 0 amide bonds. The molecule has 0 N–H and O–H groups in total. The van der Waals surface area contributed by atoms with Crippen molar-refractivity contribution in [1.29, 1.82) is 0 Å². The summed E-state index contributed by atoms with van der Waals surface area (Å²) in [6.07, 6.45) is 0.0481. The molecule has 0 saturated heterocycles. The number of ketones is 1. The number of rotatable bonds is 4. The van der Waals surface area contributed by atoms with Crippen LogP contribution in [0.1, 0.15) is 20.3 Å². The van der Waals surface area contributed by atoms with Crippen molar-refractivity contribution in [2.24, 2.45) is 0 Å². The predicted octanol–water partition coefficient (Wildman–Crippen LogP) is 1.34. The maximum absolute atomic E-state index is 12.7. The van der Waals surface area contributed by atoms with Crippen molar-refractivity contribution in [3.05, 3.63) is 0 Å². The molecule has 0 radical (unpaired) electrons. The van der Waals surface area contributed by atoms with Crippen molar-refractivity contribution < 1.29 is 18.3 Å². The van der Waals surface area contributed by atoms with Gasteiger partial charge in [0.2, 0.25) is 0 Å². The molecule has 2 atom stereocenters. The summed E-state index contributed by atoms with van der Waals surface area (Å²) in [5.74, 6) is -3.04. The van der Waals surface area contributed by atoms with E-state index in [0.29, 0.717) is 0 Å². The summed E-state index contributed by atoms with van der Waals surface area (Å²) in [7, 11) is -1.66. The van der Waals surface area contributed by atoms with E-state index in [9.17, 15) is 13.8 Å². The van der Waals surface area contributed by atoms with Crippen molar-refractivity contribution in [3.63, 3.8) is 0 Å². The Morgan fingerprint density at radius 3 is 2.60 bits per heavy atom. The molecule has 0 aliphatic rings. The summed E-state index contributed by atoms with van der Waals surface area (Å²) in [5.41, 5.74) is 0. The molecule has 0 heterocycles. The van der Waals surface area contributed by atoms with Crippen LogP contribution in [0.5, 0.6) is 0 Å². The third kappa shape index (κ3) is 2.58. The first kappa shape index (κ1) is 9.79. The van der Waals surface area contributed by atoms with Crippen LogP contribution in [0.2, 0.25) is 0 Å². The minimum absolute atomic E-state index is 0.0481. The van der Waals surface area contributed by atoms with E-state index in [2.05, 4.69) is 4.52 Å². The third-order valence-corrected chi connectivity index (χ3v) is 1.63. The number of hydrogen-bond acceptors (Lipinski definition) is 3. The lowest BCUT2D eigenvalue weighted by Crippen LogP contribution is -2.29. The van der Waals surface area contributed by atoms with Crippen molar-refractivity contribution in [2.75, 3.05) is 0 Å². The summed E-state index contributed by atoms with van der Waals surface area (Å²) >= 11 is 0. The molecule has 2 unspecified atom stereocenters. The van der Waals surface area contributed by atoms with Gasteiger partial charge in [-0.2, -0.15) is 0 Å². The highest BCUT2D eigenvalue weighted by molar-refractivity contribution is 7.17. The van der Waals surface area contributed by atoms with Gasteiger partial charge in [-0.1, -0.05) is 6.92 Å². The fourth-order valence-corrected chi connectivity index (χ4v) is 0.784. The lowest BCUT2D eigenvalue weighted by molar-refractivity contribution is -0.146. The van der Waals surface area contributed by atoms with E-state index in [-0.39, 0.29) is 6.42 Å². The molecule has 60 valence electrons. The monoisotopic (exact) mass is 168 g/mol. The molecular formula is C5H10FO3P. The van der Waals surface area contributed by atoms with Gasteiger partial charge in [0.05, 0.1) is 0 Å². The Morgan fingerprint density at radius 1 is 1.80 bits per heavy atom. The smallest absolute Gasteiger partial charge is 0.270 e. The maximum Gasteiger partial charge on any atom is 0.270 e. The van der Waals surface area contributed by atoms with Crippen LogP contribution >= 0.6 is 8.69 Å². The van der Waals surface area contributed by atoms with Crippen LogP contribution in [-0.2, 0) is 13.9 Å². The van der Waals surface area contributed by atoms with Gasteiger partial charge in [0.15, 0.2) is 14.5 Å². The quantitative estimate of drug-likeness (QED) is 0.595. The molecular weight excluding hydrogens is 158 g/mol. The van der Waals surface area contributed by atoms with Crippen LogP contribution < -0.4 is 0 Å². The van der Waals surface area contributed by atoms with Gasteiger partial charge in [-0.05, 0) is 0 Å². The van der Waals surface area contributed by atoms with Gasteiger partial charge in [-0.3, -0.25) is 13.9 Å². The SMILES string of the molecule is CCC(=O)C(C)(F)O[PH2]=O. The zero-order valence-electron chi connectivity index (χ0n) is 5.89. The van der Waals surface area contributed by atoms with Crippen LogP contribution in [0.15, 0.2) is 0 Å². The van der Waals surface area contributed by atoms with Crippen LogP contribution in [-0.4, -0.2) is 11.6 Å². The topological polar surface area (TPSA) is 43.4 Å². The second-order valence-corrected chi connectivity index (χ2v) is 2.34. The van der Waals surface area contributed by atoms with Gasteiger partial charge in [0.25, 0.3) is 5.85 Å². The lowest BCUT2D eigenvalue weighted by Gasteiger charge is -2.13. The number of carbonyl (C=O) groups excluding carboxylic acids is 1. The second kappa shape index (κ2) is 3.84. The largest absolute Gasteiger partial charge is 0.300 e. The van der Waals surface area contributed by atoms with Crippen molar-refractivity contribution >= 4 is 14.5 Å². The van der Waals surface area contributed by atoms with E-state index in [1.807, 2.05) is 0 Å². The normalized spacial score (nSPS) is 17.5. The molecule has 0 aliphatic carbocycles. The van der Waals surface area contributed by atoms with Gasteiger partial charge in [-0.25, -0.2) is 4.39 Å². The van der Waals surface area contributed by atoms with Crippen LogP contribution in [0.3, 0.4) is 0 Å². The van der Waals surface area contributed by atoms with E-state index in [0.717, 1.165) is 6.92 Å². The van der Waals surface area contributed by atoms with E-state index in [1.54, 1.807) is 0 Å². The van der Waals surface area contributed by atoms with Crippen molar-refractivity contribution in [3.8, 4) is 0 Å². The molecule has 0 fully saturated rings. The summed E-state index contributed by atoms with van der Waals surface area (Å²) in [5, 5.41) is 0. The molecule has 0 aliphatic heterocycles. The van der Waals surface area contributed by atoms with Crippen LogP contribution in [0.4, 0.5) is 4.39 Å². The first-order valence-corrected chi connectivity index (χ1v) is 3.82. The van der Waals surface area contributed by atoms with E-state index >= 15 is 0 Å². The highest BCUT2D eigenvalue weighted by Gasteiger charge is 2.31. The van der Waals surface area contributed by atoms with Gasteiger partial charge in [-0.15, -0.1) is 0 Å².